The van der Waals surface area contributed by atoms with Crippen molar-refractivity contribution in [2.45, 2.75) is 0 Å². The first-order valence-corrected chi connectivity index (χ1v) is 6.10. The Labute approximate surface area is 114 Å². The number of benzene rings is 2. The molecule has 3 rings (SSSR count). The number of nitrogens with zero attached hydrogens (tertiary/aromatic N) is 1. The number of anilines is 1. The van der Waals surface area contributed by atoms with Crippen molar-refractivity contribution in [3.05, 3.63) is 71.8 Å². The van der Waals surface area contributed by atoms with E-state index < -0.39 is 0 Å². The average Bonchev–Trinajstić information content (AvgIpc) is 2.48. The zero-order valence-electron chi connectivity index (χ0n) is 10.5. The Morgan fingerprint density at radius 1 is 1.00 bits per heavy atom. The zero-order chi connectivity index (χ0) is 14.1. The number of hydrogen-bond donors (Lipinski definition) is 1. The van der Waals surface area contributed by atoms with Gasteiger partial charge < -0.3 is 5.73 Å². The highest BCUT2D eigenvalue weighted by atomic mass is 19.1. The summed E-state index contributed by atoms with van der Waals surface area (Å²) < 4.78 is 13.8. The number of halogens is 1. The Kier molecular flexibility index (Phi) is 2.91. The molecular weight excluding hydrogens is 255 g/mol. The second-order valence-corrected chi connectivity index (χ2v) is 4.43. The molecule has 4 heteroatoms. The molecule has 98 valence electrons. The molecule has 0 atom stereocenters. The summed E-state index contributed by atoms with van der Waals surface area (Å²) in [5.41, 5.74) is 6.90. The van der Waals surface area contributed by atoms with Crippen LogP contribution in [0.25, 0.3) is 10.8 Å². The number of ketones is 1. The summed E-state index contributed by atoms with van der Waals surface area (Å²) in [5, 5.41) is 0.988. The van der Waals surface area contributed by atoms with Gasteiger partial charge in [0.25, 0.3) is 0 Å². The van der Waals surface area contributed by atoms with Crippen molar-refractivity contribution in [1.29, 1.82) is 0 Å². The third kappa shape index (κ3) is 1.91. The predicted octanol–water partition coefficient (Wildman–Crippen LogP) is 3.19. The van der Waals surface area contributed by atoms with Crippen molar-refractivity contribution in [3.63, 3.8) is 0 Å². The molecule has 0 saturated heterocycles. The number of pyridine rings is 1. The summed E-state index contributed by atoms with van der Waals surface area (Å²) in [6.07, 6.45) is 2.95. The molecule has 1 heterocycles. The lowest BCUT2D eigenvalue weighted by Crippen LogP contribution is -2.06. The molecule has 3 aromatic rings. The van der Waals surface area contributed by atoms with Crippen molar-refractivity contribution in [3.8, 4) is 0 Å². The maximum atomic E-state index is 13.8. The molecule has 0 aliphatic carbocycles. The van der Waals surface area contributed by atoms with E-state index in [1.165, 1.54) is 24.5 Å². The number of carbonyl (C=O) groups excluding carboxylic acids is 1. The Hall–Kier alpha value is -2.75. The number of fused-ring (bicyclic) bond motifs is 1. The molecule has 0 amide bonds. The van der Waals surface area contributed by atoms with Crippen molar-refractivity contribution in [1.82, 2.24) is 4.98 Å². The molecule has 3 nitrogen and oxygen atoms in total. The standard InChI is InChI=1S/C16H11FN2O/c17-14-6-5-12(10-3-1-2-4-11(10)14)16(20)13-9-19-8-7-15(13)18/h1-9H,(H2,18,19). The van der Waals surface area contributed by atoms with E-state index in [9.17, 15) is 9.18 Å². The van der Waals surface area contributed by atoms with Crippen LogP contribution in [-0.2, 0) is 0 Å². The minimum Gasteiger partial charge on any atom is -0.398 e. The molecule has 0 saturated carbocycles. The van der Waals surface area contributed by atoms with Gasteiger partial charge in [-0.1, -0.05) is 24.3 Å². The first kappa shape index (κ1) is 12.3. The monoisotopic (exact) mass is 266 g/mol. The van der Waals surface area contributed by atoms with Crippen molar-refractivity contribution >= 4 is 22.2 Å². The maximum absolute atomic E-state index is 13.8. The van der Waals surface area contributed by atoms with Crippen molar-refractivity contribution in [2.24, 2.45) is 0 Å². The quantitative estimate of drug-likeness (QED) is 0.725. The Bertz CT molecular complexity index is 814. The molecule has 0 aliphatic heterocycles. The van der Waals surface area contributed by atoms with Gasteiger partial charge in [-0.2, -0.15) is 0 Å². The van der Waals surface area contributed by atoms with Gasteiger partial charge in [0.2, 0.25) is 0 Å². The number of nitrogens with two attached hydrogens (primary N) is 1. The van der Waals surface area contributed by atoms with E-state index in [4.69, 9.17) is 5.73 Å². The Morgan fingerprint density at radius 3 is 2.50 bits per heavy atom. The van der Waals surface area contributed by atoms with Gasteiger partial charge >= 0.3 is 0 Å². The molecule has 2 N–H and O–H groups in total. The smallest absolute Gasteiger partial charge is 0.197 e. The van der Waals surface area contributed by atoms with E-state index in [1.54, 1.807) is 30.3 Å². The molecular formula is C16H11FN2O. The van der Waals surface area contributed by atoms with E-state index >= 15 is 0 Å². The highest BCUT2D eigenvalue weighted by Gasteiger charge is 2.16. The summed E-state index contributed by atoms with van der Waals surface area (Å²) in [7, 11) is 0. The van der Waals surface area contributed by atoms with E-state index in [0.717, 1.165) is 0 Å². The first-order valence-electron chi connectivity index (χ1n) is 6.10. The second-order valence-electron chi connectivity index (χ2n) is 4.43. The highest BCUT2D eigenvalue weighted by molar-refractivity contribution is 6.18. The summed E-state index contributed by atoms with van der Waals surface area (Å²) in [6.45, 7) is 0. The number of aromatic nitrogens is 1. The fourth-order valence-corrected chi connectivity index (χ4v) is 2.20. The summed E-state index contributed by atoms with van der Waals surface area (Å²) in [5.74, 6) is -0.608. The van der Waals surface area contributed by atoms with Crippen LogP contribution >= 0.6 is 0 Å². The third-order valence-corrected chi connectivity index (χ3v) is 3.21. The number of carbonyl (C=O) groups is 1. The van der Waals surface area contributed by atoms with Crippen LogP contribution in [0.5, 0.6) is 0 Å². The van der Waals surface area contributed by atoms with Gasteiger partial charge in [0.05, 0.1) is 5.56 Å². The minimum atomic E-state index is -0.351. The highest BCUT2D eigenvalue weighted by Crippen LogP contribution is 2.25. The van der Waals surface area contributed by atoms with Gasteiger partial charge in [0, 0.05) is 29.0 Å². The van der Waals surface area contributed by atoms with E-state index in [-0.39, 0.29) is 11.6 Å². The topological polar surface area (TPSA) is 56.0 Å². The van der Waals surface area contributed by atoms with Crippen LogP contribution in [0.2, 0.25) is 0 Å². The summed E-state index contributed by atoms with van der Waals surface area (Å²) >= 11 is 0. The molecule has 0 aliphatic rings. The molecule has 20 heavy (non-hydrogen) atoms. The van der Waals surface area contributed by atoms with Gasteiger partial charge in [-0.3, -0.25) is 9.78 Å². The number of nitrogen functional groups attached to an aromatic ring is 1. The lowest BCUT2D eigenvalue weighted by atomic mass is 9.97. The molecule has 1 aromatic heterocycles. The first-order chi connectivity index (χ1) is 9.68. The van der Waals surface area contributed by atoms with Gasteiger partial charge in [-0.25, -0.2) is 4.39 Å². The molecule has 0 spiro atoms. The maximum Gasteiger partial charge on any atom is 0.197 e. The predicted molar refractivity (Wildman–Crippen MR) is 76.0 cm³/mol. The molecule has 0 unspecified atom stereocenters. The fourth-order valence-electron chi connectivity index (χ4n) is 2.20. The average molecular weight is 266 g/mol. The molecule has 0 bridgehead atoms. The SMILES string of the molecule is Nc1ccncc1C(=O)c1ccc(F)c2ccccc12. The lowest BCUT2D eigenvalue weighted by molar-refractivity contribution is 0.104. The van der Waals surface area contributed by atoms with Crippen LogP contribution in [-0.4, -0.2) is 10.8 Å². The molecule has 0 radical (unpaired) electrons. The second kappa shape index (κ2) is 4.74. The normalized spacial score (nSPS) is 10.7. The van der Waals surface area contributed by atoms with Gasteiger partial charge in [0.1, 0.15) is 5.82 Å². The Balaban J connectivity index is 2.23. The zero-order valence-corrected chi connectivity index (χ0v) is 10.5. The Morgan fingerprint density at radius 2 is 1.75 bits per heavy atom. The van der Waals surface area contributed by atoms with E-state index in [1.807, 2.05) is 0 Å². The lowest BCUT2D eigenvalue weighted by Gasteiger charge is -2.08. The van der Waals surface area contributed by atoms with Crippen LogP contribution in [0.3, 0.4) is 0 Å². The minimum absolute atomic E-state index is 0.258. The molecule has 2 aromatic carbocycles. The van der Waals surface area contributed by atoms with Crippen molar-refractivity contribution in [2.75, 3.05) is 5.73 Å². The summed E-state index contributed by atoms with van der Waals surface area (Å²) in [4.78, 5) is 16.5. The number of rotatable bonds is 2. The van der Waals surface area contributed by atoms with Crippen LogP contribution < -0.4 is 5.73 Å². The third-order valence-electron chi connectivity index (χ3n) is 3.21. The van der Waals surface area contributed by atoms with Crippen LogP contribution in [0, 0.1) is 5.82 Å². The van der Waals surface area contributed by atoms with Crippen LogP contribution in [0.1, 0.15) is 15.9 Å². The summed E-state index contributed by atoms with van der Waals surface area (Å²) in [6, 6.07) is 11.2. The van der Waals surface area contributed by atoms with Gasteiger partial charge in [0.15, 0.2) is 5.78 Å². The van der Waals surface area contributed by atoms with Crippen LogP contribution in [0.15, 0.2) is 54.9 Å². The van der Waals surface area contributed by atoms with Gasteiger partial charge in [-0.05, 0) is 23.6 Å². The molecule has 0 fully saturated rings. The van der Waals surface area contributed by atoms with E-state index in [0.29, 0.717) is 27.6 Å². The van der Waals surface area contributed by atoms with Crippen LogP contribution in [0.4, 0.5) is 10.1 Å². The van der Waals surface area contributed by atoms with E-state index in [2.05, 4.69) is 4.98 Å². The van der Waals surface area contributed by atoms with Crippen molar-refractivity contribution < 1.29 is 9.18 Å². The fraction of sp³-hybridized carbons (Fsp3) is 0. The number of hydrogen-bond acceptors (Lipinski definition) is 3. The largest absolute Gasteiger partial charge is 0.398 e. The van der Waals surface area contributed by atoms with Gasteiger partial charge in [-0.15, -0.1) is 0 Å².